The average molecular weight is 414 g/mol. The molecule has 0 N–H and O–H groups in total. The molecule has 0 aromatic heterocycles. The van der Waals surface area contributed by atoms with Crippen molar-refractivity contribution in [2.24, 2.45) is 40.4 Å². The summed E-state index contributed by atoms with van der Waals surface area (Å²) in [6.07, 6.45) is 15.5. The maximum Gasteiger partial charge on any atom is 0.0115 e. The third-order valence-corrected chi connectivity index (χ3v) is 10.1. The first-order valence-corrected chi connectivity index (χ1v) is 11.4. The van der Waals surface area contributed by atoms with E-state index in [9.17, 15) is 0 Å². The monoisotopic (exact) mass is 414 g/mol. The highest BCUT2D eigenvalue weighted by atomic mass is 127. The molecule has 0 aromatic carbocycles. The zero-order valence-electron chi connectivity index (χ0n) is 14.9. The Balaban J connectivity index is 1.62. The zero-order chi connectivity index (χ0) is 15.5. The normalized spacial score (nSPS) is 55.9. The van der Waals surface area contributed by atoms with Gasteiger partial charge in [-0.05, 0) is 91.8 Å². The number of rotatable bonds is 1. The molecule has 0 heterocycles. The summed E-state index contributed by atoms with van der Waals surface area (Å²) >= 11 is 2.72. The molecule has 22 heavy (non-hydrogen) atoms. The molecule has 0 saturated heterocycles. The van der Waals surface area contributed by atoms with Crippen LogP contribution in [0.3, 0.4) is 0 Å². The summed E-state index contributed by atoms with van der Waals surface area (Å²) in [7, 11) is 0. The first kappa shape index (κ1) is 16.2. The highest BCUT2D eigenvalue weighted by molar-refractivity contribution is 14.1. The molecule has 126 valence electrons. The summed E-state index contributed by atoms with van der Waals surface area (Å²) in [6.45, 7) is 7.88. The van der Waals surface area contributed by atoms with Crippen LogP contribution in [0.4, 0.5) is 0 Å². The van der Waals surface area contributed by atoms with Gasteiger partial charge in [-0.1, -0.05) is 56.2 Å². The molecule has 4 aliphatic rings. The van der Waals surface area contributed by atoms with E-state index >= 15 is 0 Å². The largest absolute Gasteiger partial charge is 0.0826 e. The van der Waals surface area contributed by atoms with E-state index in [-0.39, 0.29) is 0 Å². The molecule has 4 fully saturated rings. The van der Waals surface area contributed by atoms with Gasteiger partial charge in [-0.15, -0.1) is 0 Å². The lowest BCUT2D eigenvalue weighted by atomic mass is 9.45. The molecule has 4 rings (SSSR count). The average Bonchev–Trinajstić information content (AvgIpc) is 2.84. The highest BCUT2D eigenvalue weighted by Crippen LogP contribution is 2.68. The molecule has 4 aliphatic carbocycles. The van der Waals surface area contributed by atoms with Crippen molar-refractivity contribution in [3.8, 4) is 0 Å². The first-order valence-electron chi connectivity index (χ1n) is 10.1. The minimum atomic E-state index is 0.680. The van der Waals surface area contributed by atoms with Crippen molar-refractivity contribution < 1.29 is 0 Å². The van der Waals surface area contributed by atoms with E-state index in [1.165, 1.54) is 19.3 Å². The van der Waals surface area contributed by atoms with E-state index in [1.807, 2.05) is 0 Å². The molecule has 2 unspecified atom stereocenters. The Morgan fingerprint density at radius 2 is 1.59 bits per heavy atom. The molecule has 0 radical (unpaired) electrons. The van der Waals surface area contributed by atoms with Gasteiger partial charge in [0, 0.05) is 3.92 Å². The Kier molecular flexibility index (Phi) is 4.15. The summed E-state index contributed by atoms with van der Waals surface area (Å²) in [4.78, 5) is 0. The second-order valence-corrected chi connectivity index (χ2v) is 11.8. The lowest BCUT2D eigenvalue weighted by Gasteiger charge is -2.60. The van der Waals surface area contributed by atoms with E-state index in [0.29, 0.717) is 5.41 Å². The molecule has 0 aliphatic heterocycles. The maximum atomic E-state index is 2.72. The number of hydrogen-bond donors (Lipinski definition) is 0. The molecule has 0 aromatic rings. The first-order chi connectivity index (χ1) is 10.5. The van der Waals surface area contributed by atoms with Gasteiger partial charge in [-0.2, -0.15) is 0 Å². The predicted molar refractivity (Wildman–Crippen MR) is 103 cm³/mol. The fraction of sp³-hybridized carbons (Fsp3) is 1.00. The predicted octanol–water partition coefficient (Wildman–Crippen LogP) is 6.86. The van der Waals surface area contributed by atoms with Gasteiger partial charge in [0.25, 0.3) is 0 Å². The molecular formula is C21H35I. The summed E-state index contributed by atoms with van der Waals surface area (Å²) in [5.41, 5.74) is 1.40. The molecule has 0 spiro atoms. The molecular weight excluding hydrogens is 379 g/mol. The van der Waals surface area contributed by atoms with Gasteiger partial charge >= 0.3 is 0 Å². The molecule has 0 bridgehead atoms. The topological polar surface area (TPSA) is 0 Å². The summed E-state index contributed by atoms with van der Waals surface area (Å²) < 4.78 is 0.866. The van der Waals surface area contributed by atoms with Gasteiger partial charge < -0.3 is 0 Å². The molecule has 8 atom stereocenters. The summed E-state index contributed by atoms with van der Waals surface area (Å²) in [6, 6.07) is 0. The number of fused-ring (bicyclic) bond motifs is 5. The molecule has 0 amide bonds. The second kappa shape index (κ2) is 5.63. The fourth-order valence-corrected chi connectivity index (χ4v) is 9.27. The SMILES string of the molecule is CC(I)[C@H]1CC[C@H]2[C@@H]3CCC4CCCC[C@]4(C)[C@H]3CC[C@]12C. The van der Waals surface area contributed by atoms with Crippen LogP contribution >= 0.6 is 22.6 Å². The van der Waals surface area contributed by atoms with Gasteiger partial charge in [0.1, 0.15) is 0 Å². The van der Waals surface area contributed by atoms with Crippen LogP contribution in [0.15, 0.2) is 0 Å². The van der Waals surface area contributed by atoms with Crippen molar-refractivity contribution in [2.45, 2.75) is 88.9 Å². The van der Waals surface area contributed by atoms with E-state index in [0.717, 1.165) is 38.9 Å². The maximum absolute atomic E-state index is 2.72. The minimum Gasteiger partial charge on any atom is -0.0826 e. The third kappa shape index (κ3) is 2.19. The Morgan fingerprint density at radius 3 is 2.36 bits per heavy atom. The molecule has 1 heteroatoms. The Labute approximate surface area is 151 Å². The van der Waals surface area contributed by atoms with Crippen LogP contribution in [0.2, 0.25) is 0 Å². The minimum absolute atomic E-state index is 0.680. The number of halogens is 1. The van der Waals surface area contributed by atoms with Gasteiger partial charge in [-0.25, -0.2) is 0 Å². The zero-order valence-corrected chi connectivity index (χ0v) is 17.1. The van der Waals surface area contributed by atoms with Gasteiger partial charge in [0.2, 0.25) is 0 Å². The van der Waals surface area contributed by atoms with E-state index in [1.54, 1.807) is 44.9 Å². The molecule has 4 saturated carbocycles. The van der Waals surface area contributed by atoms with E-state index in [2.05, 4.69) is 43.4 Å². The Bertz CT molecular complexity index is 430. The third-order valence-electron chi connectivity index (χ3n) is 9.21. The summed E-state index contributed by atoms with van der Waals surface area (Å²) in [5.74, 6) is 5.29. The van der Waals surface area contributed by atoms with Crippen molar-refractivity contribution in [1.82, 2.24) is 0 Å². The van der Waals surface area contributed by atoms with Gasteiger partial charge in [0.05, 0.1) is 0 Å². The van der Waals surface area contributed by atoms with Crippen molar-refractivity contribution in [3.63, 3.8) is 0 Å². The highest BCUT2D eigenvalue weighted by Gasteiger charge is 2.59. The summed E-state index contributed by atoms with van der Waals surface area (Å²) in [5, 5.41) is 0. The van der Waals surface area contributed by atoms with Crippen molar-refractivity contribution >= 4 is 22.6 Å². The number of hydrogen-bond acceptors (Lipinski definition) is 0. The smallest absolute Gasteiger partial charge is 0.0115 e. The lowest BCUT2D eigenvalue weighted by molar-refractivity contribution is -0.110. The molecule has 0 nitrogen and oxygen atoms in total. The van der Waals surface area contributed by atoms with Crippen LogP contribution in [-0.4, -0.2) is 3.92 Å². The second-order valence-electron chi connectivity index (χ2n) is 9.81. The number of alkyl halides is 1. The van der Waals surface area contributed by atoms with Crippen molar-refractivity contribution in [1.29, 1.82) is 0 Å². The van der Waals surface area contributed by atoms with Crippen LogP contribution in [-0.2, 0) is 0 Å². The van der Waals surface area contributed by atoms with Gasteiger partial charge in [0.15, 0.2) is 0 Å². The van der Waals surface area contributed by atoms with E-state index in [4.69, 9.17) is 0 Å². The van der Waals surface area contributed by atoms with Crippen LogP contribution in [0.5, 0.6) is 0 Å². The Hall–Kier alpha value is 0.730. The van der Waals surface area contributed by atoms with E-state index < -0.39 is 0 Å². The lowest BCUT2D eigenvalue weighted by Crippen LogP contribution is -2.53. The fourth-order valence-electron chi connectivity index (χ4n) is 8.09. The quantitative estimate of drug-likeness (QED) is 0.325. The van der Waals surface area contributed by atoms with Crippen molar-refractivity contribution in [3.05, 3.63) is 0 Å². The van der Waals surface area contributed by atoms with Crippen LogP contribution < -0.4 is 0 Å². The van der Waals surface area contributed by atoms with Crippen molar-refractivity contribution in [2.75, 3.05) is 0 Å². The Morgan fingerprint density at radius 1 is 0.818 bits per heavy atom. The standard InChI is InChI=1S/C21H35I/c1-14(22)17-9-10-18-16-8-7-15-6-4-5-12-20(15,2)19(16)11-13-21(17,18)3/h14-19H,4-13H2,1-3H3/t14?,15?,16-,17+,18-,19-,20-,21+/m0/s1. The van der Waals surface area contributed by atoms with Crippen LogP contribution in [0.25, 0.3) is 0 Å². The van der Waals surface area contributed by atoms with Crippen LogP contribution in [0.1, 0.15) is 85.0 Å². The van der Waals surface area contributed by atoms with Crippen LogP contribution in [0, 0.1) is 40.4 Å². The van der Waals surface area contributed by atoms with Gasteiger partial charge in [-0.3, -0.25) is 0 Å².